The topological polar surface area (TPSA) is 98.2 Å². The van der Waals surface area contributed by atoms with E-state index in [-0.39, 0.29) is 17.5 Å². The molecule has 1 fully saturated rings. The minimum atomic E-state index is -0.134. The van der Waals surface area contributed by atoms with Crippen LogP contribution >= 0.6 is 0 Å². The Hall–Kier alpha value is -3.72. The third-order valence-electron chi connectivity index (χ3n) is 6.27. The summed E-state index contributed by atoms with van der Waals surface area (Å²) in [6.45, 7) is 2.02. The predicted molar refractivity (Wildman–Crippen MR) is 125 cm³/mol. The molecule has 1 aliphatic heterocycles. The standard InChI is InChI=1S/C24H26N6O3/c1-28-19-11-10-18(13-20(19)29(2)24(28)32)25-23(31)17-9-6-12-30(14-17)15-21-26-22(27-33-21)16-7-4-3-5-8-16/h3-5,7-8,10-11,13,17H,6,9,12,14-15H2,1-2H3,(H,25,31). The van der Waals surface area contributed by atoms with E-state index in [4.69, 9.17) is 4.52 Å². The molecule has 5 rings (SSSR count). The average Bonchev–Trinajstić information content (AvgIpc) is 3.39. The monoisotopic (exact) mass is 446 g/mol. The molecular formula is C24H26N6O3. The first-order valence-electron chi connectivity index (χ1n) is 11.1. The van der Waals surface area contributed by atoms with E-state index in [1.54, 1.807) is 23.2 Å². The van der Waals surface area contributed by atoms with Gasteiger partial charge in [0.15, 0.2) is 0 Å². The van der Waals surface area contributed by atoms with Crippen LogP contribution in [0.5, 0.6) is 0 Å². The number of nitrogens with one attached hydrogen (secondary N) is 1. The van der Waals surface area contributed by atoms with Crippen molar-refractivity contribution in [2.45, 2.75) is 19.4 Å². The molecule has 2 aromatic carbocycles. The molecule has 33 heavy (non-hydrogen) atoms. The number of piperidine rings is 1. The number of fused-ring (bicyclic) bond motifs is 1. The molecule has 0 radical (unpaired) electrons. The number of rotatable bonds is 5. The highest BCUT2D eigenvalue weighted by atomic mass is 16.5. The largest absolute Gasteiger partial charge is 0.338 e. The van der Waals surface area contributed by atoms with Crippen LogP contribution in [-0.4, -0.2) is 43.2 Å². The van der Waals surface area contributed by atoms with E-state index in [1.807, 2.05) is 48.5 Å². The Bertz CT molecular complexity index is 1350. The lowest BCUT2D eigenvalue weighted by molar-refractivity contribution is -0.121. The number of hydrogen-bond acceptors (Lipinski definition) is 6. The van der Waals surface area contributed by atoms with Crippen molar-refractivity contribution >= 4 is 22.6 Å². The third-order valence-corrected chi connectivity index (χ3v) is 6.27. The molecule has 9 heteroatoms. The SMILES string of the molecule is Cn1c(=O)n(C)c2cc(NC(=O)C3CCCN(Cc4nc(-c5ccccc5)no4)C3)ccc21. The van der Waals surface area contributed by atoms with Crippen LogP contribution in [0.3, 0.4) is 0 Å². The minimum Gasteiger partial charge on any atom is -0.338 e. The molecule has 1 atom stereocenters. The quantitative estimate of drug-likeness (QED) is 0.506. The number of imidazole rings is 1. The van der Waals surface area contributed by atoms with Crippen LogP contribution in [0.15, 0.2) is 57.8 Å². The molecule has 1 aliphatic rings. The van der Waals surface area contributed by atoms with Crippen LogP contribution in [0, 0.1) is 5.92 Å². The summed E-state index contributed by atoms with van der Waals surface area (Å²) in [6.07, 6.45) is 1.75. The van der Waals surface area contributed by atoms with Gasteiger partial charge in [-0.05, 0) is 37.6 Å². The molecule has 1 N–H and O–H groups in total. The van der Waals surface area contributed by atoms with Gasteiger partial charge in [-0.3, -0.25) is 18.8 Å². The number of aryl methyl sites for hydroxylation is 2. The number of aromatic nitrogens is 4. The first kappa shape index (κ1) is 21.1. The first-order valence-corrected chi connectivity index (χ1v) is 11.1. The van der Waals surface area contributed by atoms with Gasteiger partial charge in [-0.2, -0.15) is 4.98 Å². The van der Waals surface area contributed by atoms with Crippen LogP contribution in [0.4, 0.5) is 5.69 Å². The van der Waals surface area contributed by atoms with Gasteiger partial charge in [0.2, 0.25) is 17.6 Å². The van der Waals surface area contributed by atoms with Crippen molar-refractivity contribution in [3.63, 3.8) is 0 Å². The van der Waals surface area contributed by atoms with E-state index in [2.05, 4.69) is 20.4 Å². The minimum absolute atomic E-state index is 0.0181. The Morgan fingerprint density at radius 2 is 1.91 bits per heavy atom. The molecular weight excluding hydrogens is 420 g/mol. The number of carbonyl (C=O) groups excluding carboxylic acids is 1. The van der Waals surface area contributed by atoms with E-state index in [1.165, 1.54) is 0 Å². The lowest BCUT2D eigenvalue weighted by Gasteiger charge is -2.30. The van der Waals surface area contributed by atoms with Crippen molar-refractivity contribution in [2.24, 2.45) is 20.0 Å². The molecule has 3 heterocycles. The summed E-state index contributed by atoms with van der Waals surface area (Å²) in [5.41, 5.74) is 3.13. The van der Waals surface area contributed by atoms with E-state index in [0.717, 1.165) is 36.0 Å². The fraction of sp³-hybridized carbons (Fsp3) is 0.333. The highest BCUT2D eigenvalue weighted by Gasteiger charge is 2.27. The fourth-order valence-electron chi connectivity index (χ4n) is 4.46. The number of likely N-dealkylation sites (tertiary alicyclic amines) is 1. The summed E-state index contributed by atoms with van der Waals surface area (Å²) in [6, 6.07) is 15.3. The normalized spacial score (nSPS) is 16.8. The van der Waals surface area contributed by atoms with Crippen molar-refractivity contribution in [3.8, 4) is 11.4 Å². The molecule has 0 bridgehead atoms. The Balaban J connectivity index is 1.24. The van der Waals surface area contributed by atoms with Crippen LogP contribution in [-0.2, 0) is 25.4 Å². The van der Waals surface area contributed by atoms with Gasteiger partial charge in [-0.25, -0.2) is 4.79 Å². The summed E-state index contributed by atoms with van der Waals surface area (Å²) in [4.78, 5) is 31.8. The zero-order chi connectivity index (χ0) is 22.9. The Kier molecular flexibility index (Phi) is 5.55. The second kappa shape index (κ2) is 8.67. The van der Waals surface area contributed by atoms with Crippen molar-refractivity contribution in [1.29, 1.82) is 0 Å². The number of anilines is 1. The fourth-order valence-corrected chi connectivity index (χ4v) is 4.46. The number of nitrogens with zero attached hydrogens (tertiary/aromatic N) is 5. The molecule has 0 saturated carbocycles. The van der Waals surface area contributed by atoms with Gasteiger partial charge < -0.3 is 9.84 Å². The Labute approximate surface area is 190 Å². The van der Waals surface area contributed by atoms with Crippen LogP contribution in [0.2, 0.25) is 0 Å². The van der Waals surface area contributed by atoms with Crippen molar-refractivity contribution in [2.75, 3.05) is 18.4 Å². The molecule has 4 aromatic rings. The van der Waals surface area contributed by atoms with Gasteiger partial charge in [0.1, 0.15) is 0 Å². The first-order chi connectivity index (χ1) is 16.0. The highest BCUT2D eigenvalue weighted by Crippen LogP contribution is 2.23. The molecule has 9 nitrogen and oxygen atoms in total. The second-order valence-electron chi connectivity index (χ2n) is 8.55. The lowest BCUT2D eigenvalue weighted by Crippen LogP contribution is -2.40. The van der Waals surface area contributed by atoms with Crippen molar-refractivity contribution in [1.82, 2.24) is 24.2 Å². The zero-order valence-corrected chi connectivity index (χ0v) is 18.7. The molecule has 1 amide bonds. The van der Waals surface area contributed by atoms with E-state index in [0.29, 0.717) is 30.5 Å². The number of carbonyl (C=O) groups is 1. The smallest absolute Gasteiger partial charge is 0.328 e. The van der Waals surface area contributed by atoms with Gasteiger partial charge in [0.05, 0.1) is 23.5 Å². The molecule has 1 saturated heterocycles. The summed E-state index contributed by atoms with van der Waals surface area (Å²) in [7, 11) is 3.47. The summed E-state index contributed by atoms with van der Waals surface area (Å²) >= 11 is 0. The summed E-state index contributed by atoms with van der Waals surface area (Å²) < 4.78 is 8.63. The van der Waals surface area contributed by atoms with Gasteiger partial charge in [-0.15, -0.1) is 0 Å². The van der Waals surface area contributed by atoms with Crippen molar-refractivity contribution < 1.29 is 9.32 Å². The van der Waals surface area contributed by atoms with Gasteiger partial charge >= 0.3 is 5.69 Å². The molecule has 1 unspecified atom stereocenters. The van der Waals surface area contributed by atoms with Gasteiger partial charge in [0, 0.05) is 31.9 Å². The Morgan fingerprint density at radius 3 is 2.73 bits per heavy atom. The number of hydrogen-bond donors (Lipinski definition) is 1. The number of amides is 1. The maximum absolute atomic E-state index is 13.0. The van der Waals surface area contributed by atoms with E-state index in [9.17, 15) is 9.59 Å². The molecule has 2 aromatic heterocycles. The average molecular weight is 447 g/mol. The maximum Gasteiger partial charge on any atom is 0.328 e. The molecule has 0 spiro atoms. The number of benzene rings is 2. The maximum atomic E-state index is 13.0. The Morgan fingerprint density at radius 1 is 1.12 bits per heavy atom. The van der Waals surface area contributed by atoms with E-state index < -0.39 is 0 Å². The van der Waals surface area contributed by atoms with Crippen LogP contribution in [0.25, 0.3) is 22.4 Å². The van der Waals surface area contributed by atoms with E-state index >= 15 is 0 Å². The molecule has 170 valence electrons. The van der Waals surface area contributed by atoms with Crippen LogP contribution in [0.1, 0.15) is 18.7 Å². The third kappa shape index (κ3) is 4.19. The van der Waals surface area contributed by atoms with Crippen molar-refractivity contribution in [3.05, 3.63) is 64.9 Å². The molecule has 0 aliphatic carbocycles. The highest BCUT2D eigenvalue weighted by molar-refractivity contribution is 5.94. The lowest BCUT2D eigenvalue weighted by atomic mass is 9.97. The van der Waals surface area contributed by atoms with Gasteiger partial charge in [0.25, 0.3) is 0 Å². The van der Waals surface area contributed by atoms with Crippen LogP contribution < -0.4 is 11.0 Å². The second-order valence-corrected chi connectivity index (χ2v) is 8.55. The summed E-state index contributed by atoms with van der Waals surface area (Å²) in [5, 5.41) is 7.11. The summed E-state index contributed by atoms with van der Waals surface area (Å²) in [5.74, 6) is 0.967. The van der Waals surface area contributed by atoms with Gasteiger partial charge in [-0.1, -0.05) is 35.5 Å². The predicted octanol–water partition coefficient (Wildman–Crippen LogP) is 2.78. The zero-order valence-electron chi connectivity index (χ0n) is 18.7.